The monoisotopic (exact) mass is 358 g/mol. The van der Waals surface area contributed by atoms with Crippen molar-refractivity contribution in [3.8, 4) is 0 Å². The van der Waals surface area contributed by atoms with Crippen LogP contribution in [-0.4, -0.2) is 29.2 Å². The number of aliphatic hydroxyl groups is 1. The van der Waals surface area contributed by atoms with E-state index in [4.69, 9.17) is 9.47 Å². The van der Waals surface area contributed by atoms with Crippen LogP contribution < -0.4 is 0 Å². The molecule has 0 radical (unpaired) electrons. The molecule has 0 saturated carbocycles. The van der Waals surface area contributed by atoms with Gasteiger partial charge in [0.15, 0.2) is 5.76 Å². The first kappa shape index (κ1) is 17.8. The van der Waals surface area contributed by atoms with Gasteiger partial charge in [0.05, 0.1) is 24.5 Å². The molecule has 4 unspecified atom stereocenters. The van der Waals surface area contributed by atoms with E-state index in [0.29, 0.717) is 12.4 Å². The highest BCUT2D eigenvalue weighted by Gasteiger charge is 2.61. The molecular formula is C22H30O4. The molecule has 2 aliphatic heterocycles. The summed E-state index contributed by atoms with van der Waals surface area (Å²) >= 11 is 0. The molecule has 2 heterocycles. The van der Waals surface area contributed by atoms with Gasteiger partial charge < -0.3 is 14.6 Å². The van der Waals surface area contributed by atoms with Gasteiger partial charge in [0, 0.05) is 12.3 Å². The highest BCUT2D eigenvalue weighted by molar-refractivity contribution is 5.99. The van der Waals surface area contributed by atoms with Crippen molar-refractivity contribution in [3.05, 3.63) is 35.3 Å². The molecule has 4 aliphatic rings. The number of carbonyl (C=O) groups excluding carboxylic acids is 1. The lowest BCUT2D eigenvalue weighted by molar-refractivity contribution is -0.139. The summed E-state index contributed by atoms with van der Waals surface area (Å²) in [5.74, 6) is -0.0449. The van der Waals surface area contributed by atoms with Crippen molar-refractivity contribution >= 4 is 5.78 Å². The van der Waals surface area contributed by atoms with Gasteiger partial charge in [-0.2, -0.15) is 0 Å². The van der Waals surface area contributed by atoms with Crippen molar-refractivity contribution < 1.29 is 19.4 Å². The molecule has 5 atom stereocenters. The third-order valence-electron chi connectivity index (χ3n) is 6.80. The van der Waals surface area contributed by atoms with Crippen LogP contribution in [0.5, 0.6) is 0 Å². The SMILES string of the molecule is C/C1=C\CC(C)(C)/C=C/C[C@@]2(C)OC3=C(O)C(=O)C4COC(C34)C2CC1. The summed E-state index contributed by atoms with van der Waals surface area (Å²) in [6, 6.07) is 0. The summed E-state index contributed by atoms with van der Waals surface area (Å²) in [5, 5.41) is 10.3. The Morgan fingerprint density at radius 2 is 2.00 bits per heavy atom. The number of aliphatic hydroxyl groups excluding tert-OH is 1. The highest BCUT2D eigenvalue weighted by Crippen LogP contribution is 2.54. The zero-order chi connectivity index (χ0) is 18.7. The molecule has 0 spiro atoms. The summed E-state index contributed by atoms with van der Waals surface area (Å²) in [7, 11) is 0. The van der Waals surface area contributed by atoms with Crippen LogP contribution in [0.1, 0.15) is 53.4 Å². The Labute approximate surface area is 155 Å². The maximum atomic E-state index is 12.4. The normalized spacial score (nSPS) is 45.1. The van der Waals surface area contributed by atoms with Crippen LogP contribution >= 0.6 is 0 Å². The number of hydrogen-bond donors (Lipinski definition) is 1. The number of carbonyl (C=O) groups is 1. The molecule has 4 heteroatoms. The average molecular weight is 358 g/mol. The third kappa shape index (κ3) is 2.74. The van der Waals surface area contributed by atoms with Crippen LogP contribution in [0.15, 0.2) is 35.3 Å². The molecule has 4 nitrogen and oxygen atoms in total. The number of hydrogen-bond acceptors (Lipinski definition) is 4. The zero-order valence-electron chi connectivity index (χ0n) is 16.2. The fourth-order valence-corrected chi connectivity index (χ4v) is 5.10. The van der Waals surface area contributed by atoms with Crippen LogP contribution in [0.25, 0.3) is 0 Å². The van der Waals surface area contributed by atoms with Gasteiger partial charge >= 0.3 is 0 Å². The lowest BCUT2D eigenvalue weighted by Crippen LogP contribution is -2.51. The first-order chi connectivity index (χ1) is 12.2. The maximum Gasteiger partial charge on any atom is 0.206 e. The summed E-state index contributed by atoms with van der Waals surface area (Å²) in [4.78, 5) is 12.4. The van der Waals surface area contributed by atoms with E-state index in [1.54, 1.807) is 0 Å². The Kier molecular flexibility index (Phi) is 4.11. The van der Waals surface area contributed by atoms with E-state index in [0.717, 1.165) is 25.7 Å². The summed E-state index contributed by atoms with van der Waals surface area (Å²) in [6.45, 7) is 9.21. The number of rotatable bonds is 0. The van der Waals surface area contributed by atoms with Gasteiger partial charge in [-0.1, -0.05) is 37.6 Å². The molecule has 2 fully saturated rings. The number of ketones is 1. The quantitative estimate of drug-likeness (QED) is 0.649. The summed E-state index contributed by atoms with van der Waals surface area (Å²) < 4.78 is 12.5. The molecule has 2 saturated heterocycles. The molecule has 142 valence electrons. The molecule has 0 aromatic rings. The lowest BCUT2D eigenvalue weighted by atomic mass is 9.71. The van der Waals surface area contributed by atoms with Crippen molar-refractivity contribution in [1.29, 1.82) is 0 Å². The van der Waals surface area contributed by atoms with Crippen molar-refractivity contribution in [3.63, 3.8) is 0 Å². The minimum absolute atomic E-state index is 0.0442. The maximum absolute atomic E-state index is 12.4. The molecule has 4 rings (SSSR count). The van der Waals surface area contributed by atoms with Crippen molar-refractivity contribution in [2.24, 2.45) is 23.2 Å². The molecule has 1 N–H and O–H groups in total. The second-order valence-electron chi connectivity index (χ2n) is 9.42. The minimum Gasteiger partial charge on any atom is -0.502 e. The summed E-state index contributed by atoms with van der Waals surface area (Å²) in [6.07, 6.45) is 10.6. The number of ether oxygens (including phenoxy) is 2. The van der Waals surface area contributed by atoms with Gasteiger partial charge in [-0.05, 0) is 38.5 Å². The van der Waals surface area contributed by atoms with E-state index < -0.39 is 5.60 Å². The van der Waals surface area contributed by atoms with E-state index in [2.05, 4.69) is 45.9 Å². The van der Waals surface area contributed by atoms with Gasteiger partial charge in [0.2, 0.25) is 5.78 Å². The van der Waals surface area contributed by atoms with Gasteiger partial charge in [0.25, 0.3) is 0 Å². The Balaban J connectivity index is 1.73. The Morgan fingerprint density at radius 3 is 2.77 bits per heavy atom. The van der Waals surface area contributed by atoms with E-state index in [9.17, 15) is 9.90 Å². The van der Waals surface area contributed by atoms with Gasteiger partial charge in [-0.3, -0.25) is 4.79 Å². The van der Waals surface area contributed by atoms with E-state index in [1.807, 2.05) is 0 Å². The fourth-order valence-electron chi connectivity index (χ4n) is 5.10. The van der Waals surface area contributed by atoms with Crippen LogP contribution in [0.2, 0.25) is 0 Å². The van der Waals surface area contributed by atoms with Crippen molar-refractivity contribution in [2.45, 2.75) is 65.1 Å². The molecule has 2 aliphatic carbocycles. The molecule has 0 aromatic heterocycles. The van der Waals surface area contributed by atoms with E-state index >= 15 is 0 Å². The third-order valence-corrected chi connectivity index (χ3v) is 6.80. The van der Waals surface area contributed by atoms with E-state index in [-0.39, 0.29) is 40.8 Å². The summed E-state index contributed by atoms with van der Waals surface area (Å²) in [5.41, 5.74) is 1.03. The number of fused-ring (bicyclic) bond motifs is 2. The van der Waals surface area contributed by atoms with Crippen LogP contribution in [0.3, 0.4) is 0 Å². The first-order valence-electron chi connectivity index (χ1n) is 9.83. The van der Waals surface area contributed by atoms with Gasteiger partial charge in [-0.25, -0.2) is 0 Å². The number of Topliss-reactive ketones (excluding diaryl/α,β-unsaturated/α-hetero) is 1. The Morgan fingerprint density at radius 1 is 1.23 bits per heavy atom. The first-order valence-corrected chi connectivity index (χ1v) is 9.83. The van der Waals surface area contributed by atoms with Crippen molar-refractivity contribution in [2.75, 3.05) is 6.61 Å². The second kappa shape index (κ2) is 5.98. The molecule has 0 aromatic carbocycles. The predicted molar refractivity (Wildman–Crippen MR) is 99.5 cm³/mol. The molecule has 0 bridgehead atoms. The standard InChI is InChI=1S/C22H30O4/c1-13-6-7-15-19-16-14(12-25-19)17(23)18(24)20(16)26-22(15,4)10-5-9-21(2,3)11-8-13/h5,8-9,14-16,19,24H,6-7,10-12H2,1-4H3/b9-5+,13-8+/t14?,15?,16?,19?,22-/m1/s1. The zero-order valence-corrected chi connectivity index (χ0v) is 16.2. The largest absolute Gasteiger partial charge is 0.502 e. The Bertz CT molecular complexity index is 714. The van der Waals surface area contributed by atoms with Crippen LogP contribution in [0.4, 0.5) is 0 Å². The van der Waals surface area contributed by atoms with Crippen LogP contribution in [0, 0.1) is 23.2 Å². The van der Waals surface area contributed by atoms with Gasteiger partial charge in [-0.15, -0.1) is 0 Å². The minimum atomic E-state index is -0.471. The molecule has 0 amide bonds. The Hall–Kier alpha value is -1.55. The number of allylic oxidation sites excluding steroid dienone is 4. The fraction of sp³-hybridized carbons (Fsp3) is 0.682. The molecular weight excluding hydrogens is 328 g/mol. The van der Waals surface area contributed by atoms with Gasteiger partial charge in [0.1, 0.15) is 11.4 Å². The topological polar surface area (TPSA) is 55.8 Å². The average Bonchev–Trinajstić information content (AvgIpc) is 3.09. The predicted octanol–water partition coefficient (Wildman–Crippen LogP) is 4.48. The highest BCUT2D eigenvalue weighted by atomic mass is 16.5. The second-order valence-corrected chi connectivity index (χ2v) is 9.42. The molecule has 26 heavy (non-hydrogen) atoms. The van der Waals surface area contributed by atoms with Crippen molar-refractivity contribution in [1.82, 2.24) is 0 Å². The van der Waals surface area contributed by atoms with E-state index in [1.165, 1.54) is 5.57 Å². The van der Waals surface area contributed by atoms with Crippen LogP contribution in [-0.2, 0) is 14.3 Å². The smallest absolute Gasteiger partial charge is 0.206 e. The lowest BCUT2D eigenvalue weighted by Gasteiger charge is -2.47.